The first kappa shape index (κ1) is 24.7. The van der Waals surface area contributed by atoms with Crippen molar-refractivity contribution in [1.82, 2.24) is 20.2 Å². The zero-order valence-electron chi connectivity index (χ0n) is 18.3. The van der Waals surface area contributed by atoms with Crippen LogP contribution in [0.15, 0.2) is 48.0 Å². The predicted octanol–water partition coefficient (Wildman–Crippen LogP) is 4.53. The Hall–Kier alpha value is -1.61. The van der Waals surface area contributed by atoms with Gasteiger partial charge in [-0.2, -0.15) is 0 Å². The molecule has 1 aliphatic rings. The standard InChI is InChI=1S/C23H35N5O.HI/c1-3-25-22(27-18-23(11-7-8-12-23)13-16-29-4-2)26-17-20-9-5-6-10-21(20)28-15-14-24-19-28;/h5-6,9-10,14-15,19H,3-4,7-8,11-13,16-18H2,1-2H3,(H2,25,26,27);1H. The summed E-state index contributed by atoms with van der Waals surface area (Å²) in [7, 11) is 0. The number of rotatable bonds is 10. The molecule has 1 aromatic heterocycles. The predicted molar refractivity (Wildman–Crippen MR) is 134 cm³/mol. The third kappa shape index (κ3) is 6.97. The molecule has 0 aliphatic heterocycles. The van der Waals surface area contributed by atoms with Gasteiger partial charge in [0.2, 0.25) is 0 Å². The van der Waals surface area contributed by atoms with Crippen LogP contribution in [0.4, 0.5) is 0 Å². The Morgan fingerprint density at radius 2 is 2.00 bits per heavy atom. The first-order valence-corrected chi connectivity index (χ1v) is 10.9. The quantitative estimate of drug-likeness (QED) is 0.207. The monoisotopic (exact) mass is 525 g/mol. The summed E-state index contributed by atoms with van der Waals surface area (Å²) in [4.78, 5) is 9.04. The van der Waals surface area contributed by atoms with Gasteiger partial charge in [0.1, 0.15) is 0 Å². The van der Waals surface area contributed by atoms with Crippen LogP contribution in [0.25, 0.3) is 5.69 Å². The van der Waals surface area contributed by atoms with Gasteiger partial charge in [-0.25, -0.2) is 9.98 Å². The van der Waals surface area contributed by atoms with Crippen LogP contribution >= 0.6 is 24.0 Å². The molecule has 2 N–H and O–H groups in total. The molecule has 0 radical (unpaired) electrons. The Labute approximate surface area is 197 Å². The van der Waals surface area contributed by atoms with Crippen molar-refractivity contribution in [3.8, 4) is 5.69 Å². The summed E-state index contributed by atoms with van der Waals surface area (Å²) < 4.78 is 7.68. The molecule has 1 saturated carbocycles. The van der Waals surface area contributed by atoms with E-state index in [1.54, 1.807) is 6.20 Å². The van der Waals surface area contributed by atoms with Gasteiger partial charge < -0.3 is 19.9 Å². The number of nitrogens with one attached hydrogen (secondary N) is 2. The van der Waals surface area contributed by atoms with Gasteiger partial charge in [0.05, 0.1) is 18.6 Å². The molecule has 0 bridgehead atoms. The Kier molecular flexibility index (Phi) is 10.6. The molecule has 3 rings (SSSR count). The molecular formula is C23H36IN5O. The maximum atomic E-state index is 5.65. The Morgan fingerprint density at radius 1 is 1.20 bits per heavy atom. The molecule has 0 atom stereocenters. The third-order valence-corrected chi connectivity index (χ3v) is 5.80. The number of benzene rings is 1. The molecule has 0 amide bonds. The Balaban J connectivity index is 0.00000320. The first-order chi connectivity index (χ1) is 14.3. The molecule has 0 spiro atoms. The number of nitrogens with zero attached hydrogens (tertiary/aromatic N) is 3. The van der Waals surface area contributed by atoms with Crippen LogP contribution in [0.2, 0.25) is 0 Å². The van der Waals surface area contributed by atoms with Crippen molar-refractivity contribution >= 4 is 29.9 Å². The van der Waals surface area contributed by atoms with E-state index < -0.39 is 0 Å². The second-order valence-electron chi connectivity index (χ2n) is 7.80. The summed E-state index contributed by atoms with van der Waals surface area (Å²) in [6.45, 7) is 8.24. The van der Waals surface area contributed by atoms with Crippen molar-refractivity contribution in [2.45, 2.75) is 52.5 Å². The van der Waals surface area contributed by atoms with E-state index in [0.29, 0.717) is 12.0 Å². The van der Waals surface area contributed by atoms with Crippen LogP contribution < -0.4 is 10.6 Å². The highest BCUT2D eigenvalue weighted by Gasteiger charge is 2.33. The van der Waals surface area contributed by atoms with Crippen molar-refractivity contribution in [2.24, 2.45) is 10.4 Å². The lowest BCUT2D eigenvalue weighted by atomic mass is 9.83. The number of hydrogen-bond donors (Lipinski definition) is 2. The number of imidazole rings is 1. The van der Waals surface area contributed by atoms with E-state index >= 15 is 0 Å². The van der Waals surface area contributed by atoms with Gasteiger partial charge in [-0.05, 0) is 50.2 Å². The van der Waals surface area contributed by atoms with Gasteiger partial charge in [0, 0.05) is 38.7 Å². The van der Waals surface area contributed by atoms with Gasteiger partial charge in [0.15, 0.2) is 5.96 Å². The lowest BCUT2D eigenvalue weighted by Crippen LogP contribution is -2.43. The minimum atomic E-state index is 0. The van der Waals surface area contributed by atoms with Gasteiger partial charge >= 0.3 is 0 Å². The second-order valence-corrected chi connectivity index (χ2v) is 7.80. The van der Waals surface area contributed by atoms with Crippen LogP contribution in [-0.4, -0.2) is 41.8 Å². The molecule has 0 unspecified atom stereocenters. The van der Waals surface area contributed by atoms with Crippen LogP contribution in [-0.2, 0) is 11.3 Å². The fraction of sp³-hybridized carbons (Fsp3) is 0.565. The summed E-state index contributed by atoms with van der Waals surface area (Å²) in [5.74, 6) is 0.885. The highest BCUT2D eigenvalue weighted by atomic mass is 127. The van der Waals surface area contributed by atoms with E-state index in [4.69, 9.17) is 9.73 Å². The first-order valence-electron chi connectivity index (χ1n) is 10.9. The fourth-order valence-electron chi connectivity index (χ4n) is 4.15. The molecule has 7 heteroatoms. The van der Waals surface area contributed by atoms with Gasteiger partial charge in [-0.15, -0.1) is 24.0 Å². The molecule has 1 aromatic carbocycles. The molecule has 2 aromatic rings. The molecule has 166 valence electrons. The van der Waals surface area contributed by atoms with Crippen molar-refractivity contribution in [3.63, 3.8) is 0 Å². The number of hydrogen-bond acceptors (Lipinski definition) is 3. The smallest absolute Gasteiger partial charge is 0.191 e. The zero-order valence-corrected chi connectivity index (χ0v) is 20.6. The van der Waals surface area contributed by atoms with Crippen LogP contribution in [0.1, 0.15) is 51.5 Å². The number of aromatic nitrogens is 2. The summed E-state index contributed by atoms with van der Waals surface area (Å²) in [6, 6.07) is 8.35. The van der Waals surface area contributed by atoms with Gasteiger partial charge in [-0.3, -0.25) is 0 Å². The lowest BCUT2D eigenvalue weighted by Gasteiger charge is -2.30. The summed E-state index contributed by atoms with van der Waals surface area (Å²) in [5, 5.41) is 7.02. The third-order valence-electron chi connectivity index (χ3n) is 5.80. The molecule has 6 nitrogen and oxygen atoms in total. The van der Waals surface area contributed by atoms with Crippen molar-refractivity contribution < 1.29 is 4.74 Å². The van der Waals surface area contributed by atoms with Gasteiger partial charge in [0.25, 0.3) is 0 Å². The SMILES string of the molecule is CCNC(=NCc1ccccc1-n1ccnc1)NCC1(CCOCC)CCCC1.I. The number of halogens is 1. The molecule has 1 fully saturated rings. The normalized spacial score (nSPS) is 15.6. The highest BCUT2D eigenvalue weighted by Crippen LogP contribution is 2.40. The summed E-state index contributed by atoms with van der Waals surface area (Å²) in [6.07, 6.45) is 11.9. The number of aliphatic imine (C=N–C) groups is 1. The van der Waals surface area contributed by atoms with Crippen molar-refractivity contribution in [2.75, 3.05) is 26.3 Å². The fourth-order valence-corrected chi connectivity index (χ4v) is 4.15. The number of guanidine groups is 1. The van der Waals surface area contributed by atoms with E-state index in [1.807, 2.05) is 23.2 Å². The van der Waals surface area contributed by atoms with Crippen molar-refractivity contribution in [3.05, 3.63) is 48.5 Å². The Bertz CT molecular complexity index is 757. The molecule has 1 aliphatic carbocycles. The maximum absolute atomic E-state index is 5.65. The average Bonchev–Trinajstić information content (AvgIpc) is 3.43. The summed E-state index contributed by atoms with van der Waals surface area (Å²) >= 11 is 0. The van der Waals surface area contributed by atoms with Gasteiger partial charge in [-0.1, -0.05) is 31.0 Å². The maximum Gasteiger partial charge on any atom is 0.191 e. The Morgan fingerprint density at radius 3 is 2.70 bits per heavy atom. The largest absolute Gasteiger partial charge is 0.382 e. The minimum absolute atomic E-state index is 0. The molecule has 0 saturated heterocycles. The lowest BCUT2D eigenvalue weighted by molar-refractivity contribution is 0.105. The highest BCUT2D eigenvalue weighted by molar-refractivity contribution is 14.0. The van der Waals surface area contributed by atoms with E-state index in [-0.39, 0.29) is 24.0 Å². The minimum Gasteiger partial charge on any atom is -0.382 e. The number of para-hydroxylation sites is 1. The zero-order chi connectivity index (χ0) is 20.4. The van der Waals surface area contributed by atoms with E-state index in [0.717, 1.165) is 44.4 Å². The second kappa shape index (κ2) is 12.9. The van der Waals surface area contributed by atoms with Crippen LogP contribution in [0.3, 0.4) is 0 Å². The van der Waals surface area contributed by atoms with Crippen LogP contribution in [0.5, 0.6) is 0 Å². The number of ether oxygens (including phenoxy) is 1. The topological polar surface area (TPSA) is 63.5 Å². The molecule has 30 heavy (non-hydrogen) atoms. The molecule has 1 heterocycles. The average molecular weight is 525 g/mol. The summed E-state index contributed by atoms with van der Waals surface area (Å²) in [5.41, 5.74) is 2.63. The van der Waals surface area contributed by atoms with Crippen molar-refractivity contribution in [1.29, 1.82) is 0 Å². The van der Waals surface area contributed by atoms with E-state index in [1.165, 1.54) is 31.2 Å². The molecular weight excluding hydrogens is 489 g/mol. The van der Waals surface area contributed by atoms with Crippen LogP contribution in [0, 0.1) is 5.41 Å². The van der Waals surface area contributed by atoms with E-state index in [2.05, 4.69) is 47.7 Å². The van der Waals surface area contributed by atoms with E-state index in [9.17, 15) is 0 Å².